The SMILES string of the molecule is CC1C=CC=CC1n1c2ccccc2c2c3ccccc3cc(B3OC(C)(C)C(C)(C)O3)c21. The number of para-hydroxylation sites is 1. The molecule has 1 aliphatic heterocycles. The number of hydrogen-bond acceptors (Lipinski definition) is 2. The number of fused-ring (bicyclic) bond motifs is 5. The van der Waals surface area contributed by atoms with Crippen molar-refractivity contribution < 1.29 is 9.31 Å². The Kier molecular flexibility index (Phi) is 4.46. The quantitative estimate of drug-likeness (QED) is 0.333. The molecule has 1 aliphatic carbocycles. The standard InChI is InChI=1S/C29H30BNO2/c1-19-12-6-10-16-24(19)31-25-17-11-9-15-22(25)26-21-14-8-7-13-20(21)18-23(27(26)31)30-32-28(2,3)29(4,5)33-30/h6-19,24H,1-5H3. The lowest BCUT2D eigenvalue weighted by molar-refractivity contribution is 0.00578. The molecule has 4 heteroatoms. The van der Waals surface area contributed by atoms with Crippen LogP contribution in [0.5, 0.6) is 0 Å². The number of hydrogen-bond donors (Lipinski definition) is 0. The second kappa shape index (κ2) is 7.09. The highest BCUT2D eigenvalue weighted by Gasteiger charge is 2.52. The van der Waals surface area contributed by atoms with Crippen molar-refractivity contribution in [2.45, 2.75) is 51.9 Å². The summed E-state index contributed by atoms with van der Waals surface area (Å²) in [6.07, 6.45) is 8.93. The molecule has 0 N–H and O–H groups in total. The zero-order valence-corrected chi connectivity index (χ0v) is 20.0. The first-order chi connectivity index (χ1) is 15.8. The third-order valence-electron chi connectivity index (χ3n) is 7.90. The minimum atomic E-state index is -0.427. The molecule has 33 heavy (non-hydrogen) atoms. The van der Waals surface area contributed by atoms with E-state index in [4.69, 9.17) is 9.31 Å². The van der Waals surface area contributed by atoms with Crippen molar-refractivity contribution in [2.75, 3.05) is 0 Å². The molecular formula is C29H30BNO2. The molecule has 3 nitrogen and oxygen atoms in total. The van der Waals surface area contributed by atoms with Crippen LogP contribution in [-0.2, 0) is 9.31 Å². The van der Waals surface area contributed by atoms with E-state index in [0.717, 1.165) is 5.46 Å². The van der Waals surface area contributed by atoms with Crippen LogP contribution >= 0.6 is 0 Å². The maximum absolute atomic E-state index is 6.60. The minimum Gasteiger partial charge on any atom is -0.399 e. The van der Waals surface area contributed by atoms with Gasteiger partial charge >= 0.3 is 7.12 Å². The first-order valence-corrected chi connectivity index (χ1v) is 11.9. The van der Waals surface area contributed by atoms with Crippen LogP contribution < -0.4 is 5.46 Å². The van der Waals surface area contributed by atoms with Crippen LogP contribution in [0, 0.1) is 5.92 Å². The molecule has 6 rings (SSSR count). The summed E-state index contributed by atoms with van der Waals surface area (Å²) in [5, 5.41) is 5.04. The number of rotatable bonds is 2. The number of allylic oxidation sites excluding steroid dienone is 4. The van der Waals surface area contributed by atoms with Crippen LogP contribution in [0.1, 0.15) is 40.7 Å². The molecule has 1 aromatic heterocycles. The predicted octanol–water partition coefficient (Wildman–Crippen LogP) is 6.55. The summed E-state index contributed by atoms with van der Waals surface area (Å²) in [6, 6.07) is 20.0. The number of benzene rings is 3. The Bertz CT molecular complexity index is 1440. The molecule has 0 bridgehead atoms. The molecule has 0 saturated carbocycles. The van der Waals surface area contributed by atoms with Crippen LogP contribution in [0.4, 0.5) is 0 Å². The monoisotopic (exact) mass is 435 g/mol. The molecule has 0 amide bonds. The fourth-order valence-electron chi connectivity index (χ4n) is 5.39. The van der Waals surface area contributed by atoms with E-state index >= 15 is 0 Å². The van der Waals surface area contributed by atoms with Crippen molar-refractivity contribution in [3.8, 4) is 0 Å². The second-order valence-electron chi connectivity index (χ2n) is 10.5. The van der Waals surface area contributed by atoms with Gasteiger partial charge in [-0.1, -0.05) is 79.8 Å². The summed E-state index contributed by atoms with van der Waals surface area (Å²) in [7, 11) is -0.427. The molecule has 2 atom stereocenters. The highest BCUT2D eigenvalue weighted by atomic mass is 16.7. The Morgan fingerprint density at radius 2 is 1.45 bits per heavy atom. The molecule has 2 heterocycles. The van der Waals surface area contributed by atoms with Crippen molar-refractivity contribution in [2.24, 2.45) is 5.92 Å². The molecule has 4 aromatic rings. The molecule has 166 valence electrons. The number of aromatic nitrogens is 1. The Morgan fingerprint density at radius 3 is 2.18 bits per heavy atom. The molecule has 0 spiro atoms. The Labute approximate surface area is 195 Å². The zero-order chi connectivity index (χ0) is 23.0. The Hall–Kier alpha value is -2.82. The average molecular weight is 435 g/mol. The normalized spacial score (nSPS) is 23.8. The molecule has 3 aromatic carbocycles. The summed E-state index contributed by atoms with van der Waals surface area (Å²) in [4.78, 5) is 0. The first-order valence-electron chi connectivity index (χ1n) is 11.9. The Balaban J connectivity index is 1.75. The van der Waals surface area contributed by atoms with E-state index in [1.807, 2.05) is 0 Å². The predicted molar refractivity (Wildman–Crippen MR) is 139 cm³/mol. The van der Waals surface area contributed by atoms with E-state index < -0.39 is 18.3 Å². The lowest BCUT2D eigenvalue weighted by atomic mass is 9.76. The first kappa shape index (κ1) is 20.8. The van der Waals surface area contributed by atoms with E-state index in [-0.39, 0.29) is 6.04 Å². The van der Waals surface area contributed by atoms with Gasteiger partial charge in [-0.2, -0.15) is 0 Å². The van der Waals surface area contributed by atoms with Crippen LogP contribution in [0.15, 0.2) is 78.9 Å². The molecule has 1 fully saturated rings. The van der Waals surface area contributed by atoms with E-state index in [1.165, 1.54) is 32.6 Å². The molecular weight excluding hydrogens is 405 g/mol. The third kappa shape index (κ3) is 2.97. The highest BCUT2D eigenvalue weighted by molar-refractivity contribution is 6.66. The maximum atomic E-state index is 6.60. The lowest BCUT2D eigenvalue weighted by Gasteiger charge is -2.32. The molecule has 2 aliphatic rings. The molecule has 1 saturated heterocycles. The minimum absolute atomic E-state index is 0.222. The summed E-state index contributed by atoms with van der Waals surface area (Å²) in [5.74, 6) is 0.381. The van der Waals surface area contributed by atoms with Gasteiger partial charge in [-0.3, -0.25) is 0 Å². The lowest BCUT2D eigenvalue weighted by Crippen LogP contribution is -2.41. The maximum Gasteiger partial charge on any atom is 0.497 e. The summed E-state index contributed by atoms with van der Waals surface area (Å²) >= 11 is 0. The zero-order valence-electron chi connectivity index (χ0n) is 20.0. The van der Waals surface area contributed by atoms with Gasteiger partial charge in [-0.15, -0.1) is 0 Å². The van der Waals surface area contributed by atoms with E-state index in [0.29, 0.717) is 5.92 Å². The fraction of sp³-hybridized carbons (Fsp3) is 0.310. The van der Waals surface area contributed by atoms with Crippen molar-refractivity contribution in [1.82, 2.24) is 4.57 Å². The fourth-order valence-corrected chi connectivity index (χ4v) is 5.39. The van der Waals surface area contributed by atoms with E-state index in [1.54, 1.807) is 0 Å². The van der Waals surface area contributed by atoms with Crippen molar-refractivity contribution >= 4 is 45.2 Å². The van der Waals surface area contributed by atoms with Gasteiger partial charge in [0.05, 0.1) is 22.8 Å². The largest absolute Gasteiger partial charge is 0.497 e. The van der Waals surface area contributed by atoms with Gasteiger partial charge in [0.1, 0.15) is 0 Å². The van der Waals surface area contributed by atoms with Gasteiger partial charge in [0.15, 0.2) is 0 Å². The summed E-state index contributed by atoms with van der Waals surface area (Å²) in [5.41, 5.74) is 2.78. The van der Waals surface area contributed by atoms with Gasteiger partial charge in [-0.25, -0.2) is 0 Å². The molecule has 2 unspecified atom stereocenters. The second-order valence-corrected chi connectivity index (χ2v) is 10.5. The highest BCUT2D eigenvalue weighted by Crippen LogP contribution is 2.42. The van der Waals surface area contributed by atoms with Crippen LogP contribution in [0.25, 0.3) is 32.6 Å². The van der Waals surface area contributed by atoms with E-state index in [2.05, 4.69) is 118 Å². The van der Waals surface area contributed by atoms with Gasteiger partial charge in [-0.05, 0) is 50.5 Å². The van der Waals surface area contributed by atoms with Gasteiger partial charge < -0.3 is 13.9 Å². The van der Waals surface area contributed by atoms with Crippen molar-refractivity contribution in [3.05, 3.63) is 78.9 Å². The number of nitrogens with zero attached hydrogens (tertiary/aromatic N) is 1. The molecule has 0 radical (unpaired) electrons. The summed E-state index contributed by atoms with van der Waals surface area (Å²) in [6.45, 7) is 10.8. The van der Waals surface area contributed by atoms with Gasteiger partial charge in [0.25, 0.3) is 0 Å². The average Bonchev–Trinajstić information content (AvgIpc) is 3.24. The topological polar surface area (TPSA) is 23.4 Å². The summed E-state index contributed by atoms with van der Waals surface area (Å²) < 4.78 is 15.7. The van der Waals surface area contributed by atoms with Crippen LogP contribution in [0.3, 0.4) is 0 Å². The van der Waals surface area contributed by atoms with Crippen LogP contribution in [0.2, 0.25) is 0 Å². The van der Waals surface area contributed by atoms with Crippen LogP contribution in [-0.4, -0.2) is 22.9 Å². The van der Waals surface area contributed by atoms with Crippen molar-refractivity contribution in [1.29, 1.82) is 0 Å². The van der Waals surface area contributed by atoms with E-state index in [9.17, 15) is 0 Å². The van der Waals surface area contributed by atoms with Crippen molar-refractivity contribution in [3.63, 3.8) is 0 Å². The third-order valence-corrected chi connectivity index (χ3v) is 7.90. The van der Waals surface area contributed by atoms with Gasteiger partial charge in [0, 0.05) is 21.8 Å². The Morgan fingerprint density at radius 1 is 0.818 bits per heavy atom. The smallest absolute Gasteiger partial charge is 0.399 e. The van der Waals surface area contributed by atoms with Gasteiger partial charge in [0.2, 0.25) is 0 Å².